The van der Waals surface area contributed by atoms with Crippen LogP contribution < -0.4 is 4.72 Å². The minimum atomic E-state index is -3.68. The van der Waals surface area contributed by atoms with Crippen LogP contribution in [0.1, 0.15) is 37.8 Å². The standard InChI is InChI=1S/C14H22FNO3S/c1-4-11(5-2)8-16-20(18,19)13-6-10(3)14(15)12(7-13)9-17/h6-7,11,16-17H,4-5,8-9H2,1-3H3. The third-order valence-electron chi connectivity index (χ3n) is 3.50. The number of aliphatic hydroxyl groups is 1. The predicted octanol–water partition coefficient (Wildman–Crippen LogP) is 2.34. The largest absolute Gasteiger partial charge is 0.392 e. The van der Waals surface area contributed by atoms with Crippen molar-refractivity contribution in [3.8, 4) is 0 Å². The van der Waals surface area contributed by atoms with E-state index in [1.807, 2.05) is 13.8 Å². The molecule has 0 saturated heterocycles. The molecule has 1 rings (SSSR count). The lowest BCUT2D eigenvalue weighted by Gasteiger charge is -2.14. The van der Waals surface area contributed by atoms with Crippen molar-refractivity contribution >= 4 is 10.0 Å². The van der Waals surface area contributed by atoms with Crippen molar-refractivity contribution in [1.29, 1.82) is 0 Å². The summed E-state index contributed by atoms with van der Waals surface area (Å²) < 4.78 is 40.5. The number of sulfonamides is 1. The molecule has 0 radical (unpaired) electrons. The first kappa shape index (κ1) is 17.1. The monoisotopic (exact) mass is 303 g/mol. The van der Waals surface area contributed by atoms with Gasteiger partial charge in [0.05, 0.1) is 11.5 Å². The van der Waals surface area contributed by atoms with E-state index in [0.29, 0.717) is 6.54 Å². The Bertz CT molecular complexity index is 554. The molecule has 0 aliphatic heterocycles. The highest BCUT2D eigenvalue weighted by Gasteiger charge is 2.19. The molecule has 0 aromatic heterocycles. The highest BCUT2D eigenvalue weighted by Crippen LogP contribution is 2.19. The van der Waals surface area contributed by atoms with Gasteiger partial charge >= 0.3 is 0 Å². The molecule has 20 heavy (non-hydrogen) atoms. The minimum absolute atomic E-state index is 0.00657. The molecule has 1 aromatic carbocycles. The highest BCUT2D eigenvalue weighted by molar-refractivity contribution is 7.89. The smallest absolute Gasteiger partial charge is 0.240 e. The first-order valence-corrected chi connectivity index (χ1v) is 8.23. The molecule has 0 aliphatic rings. The second kappa shape index (κ2) is 7.15. The van der Waals surface area contributed by atoms with E-state index in [1.165, 1.54) is 19.1 Å². The van der Waals surface area contributed by atoms with E-state index < -0.39 is 22.4 Å². The van der Waals surface area contributed by atoms with E-state index in [4.69, 9.17) is 5.11 Å². The van der Waals surface area contributed by atoms with E-state index in [9.17, 15) is 12.8 Å². The Labute approximate surface area is 120 Å². The Balaban J connectivity index is 3.01. The second-order valence-electron chi connectivity index (χ2n) is 4.91. The molecule has 0 atom stereocenters. The SMILES string of the molecule is CCC(CC)CNS(=O)(=O)c1cc(C)c(F)c(CO)c1. The fourth-order valence-corrected chi connectivity index (χ4v) is 3.22. The Kier molecular flexibility index (Phi) is 6.10. The molecule has 0 unspecified atom stereocenters. The predicted molar refractivity (Wildman–Crippen MR) is 76.3 cm³/mol. The quantitative estimate of drug-likeness (QED) is 0.812. The molecular formula is C14H22FNO3S. The van der Waals surface area contributed by atoms with Gasteiger partial charge in [0.25, 0.3) is 0 Å². The summed E-state index contributed by atoms with van der Waals surface area (Å²) in [6, 6.07) is 2.46. The number of nitrogens with one attached hydrogen (secondary N) is 1. The molecule has 1 aromatic rings. The van der Waals surface area contributed by atoms with Crippen LogP contribution in [0.5, 0.6) is 0 Å². The fraction of sp³-hybridized carbons (Fsp3) is 0.571. The number of hydrogen-bond donors (Lipinski definition) is 2. The molecule has 114 valence electrons. The average molecular weight is 303 g/mol. The summed E-state index contributed by atoms with van der Waals surface area (Å²) in [5, 5.41) is 9.07. The molecular weight excluding hydrogens is 281 g/mol. The first-order chi connectivity index (χ1) is 9.35. The van der Waals surface area contributed by atoms with Crippen LogP contribution in [0.4, 0.5) is 4.39 Å². The molecule has 0 spiro atoms. The second-order valence-corrected chi connectivity index (χ2v) is 6.67. The summed E-state index contributed by atoms with van der Waals surface area (Å²) in [5.74, 6) is -0.282. The summed E-state index contributed by atoms with van der Waals surface area (Å²) in [5.41, 5.74) is 0.201. The normalized spacial score (nSPS) is 12.1. The van der Waals surface area contributed by atoms with Crippen molar-refractivity contribution in [1.82, 2.24) is 4.72 Å². The Morgan fingerprint density at radius 1 is 1.30 bits per heavy atom. The first-order valence-electron chi connectivity index (χ1n) is 6.75. The number of hydrogen-bond acceptors (Lipinski definition) is 3. The maximum absolute atomic E-state index is 13.6. The van der Waals surface area contributed by atoms with Crippen molar-refractivity contribution < 1.29 is 17.9 Å². The summed E-state index contributed by atoms with van der Waals surface area (Å²) in [7, 11) is -3.68. The number of aryl methyl sites for hydroxylation is 1. The molecule has 0 fully saturated rings. The fourth-order valence-electron chi connectivity index (χ4n) is 1.97. The molecule has 0 aliphatic carbocycles. The number of benzene rings is 1. The lowest BCUT2D eigenvalue weighted by atomic mass is 10.0. The van der Waals surface area contributed by atoms with Gasteiger partial charge in [0.1, 0.15) is 5.82 Å². The van der Waals surface area contributed by atoms with Gasteiger partial charge in [-0.15, -0.1) is 0 Å². The Morgan fingerprint density at radius 3 is 2.40 bits per heavy atom. The average Bonchev–Trinajstić information content (AvgIpc) is 2.42. The number of halogens is 1. The number of rotatable bonds is 7. The third kappa shape index (κ3) is 4.01. The van der Waals surface area contributed by atoms with Crippen molar-refractivity contribution in [3.63, 3.8) is 0 Å². The molecule has 2 N–H and O–H groups in total. The van der Waals surface area contributed by atoms with Gasteiger partial charge < -0.3 is 5.11 Å². The maximum atomic E-state index is 13.6. The van der Waals surface area contributed by atoms with Gasteiger partial charge in [-0.2, -0.15) is 0 Å². The van der Waals surface area contributed by atoms with E-state index in [1.54, 1.807) is 0 Å². The van der Waals surface area contributed by atoms with Crippen molar-refractivity contribution in [2.45, 2.75) is 45.1 Å². The number of aliphatic hydroxyl groups excluding tert-OH is 1. The van der Waals surface area contributed by atoms with Crippen LogP contribution in [-0.2, 0) is 16.6 Å². The van der Waals surface area contributed by atoms with Crippen LogP contribution >= 0.6 is 0 Å². The molecule has 4 nitrogen and oxygen atoms in total. The molecule has 6 heteroatoms. The summed E-state index contributed by atoms with van der Waals surface area (Å²) >= 11 is 0. The molecule has 0 heterocycles. The molecule has 0 bridgehead atoms. The Morgan fingerprint density at radius 2 is 1.90 bits per heavy atom. The van der Waals surface area contributed by atoms with Crippen molar-refractivity contribution in [3.05, 3.63) is 29.1 Å². The van der Waals surface area contributed by atoms with Crippen molar-refractivity contribution in [2.24, 2.45) is 5.92 Å². The van der Waals surface area contributed by atoms with Crippen LogP contribution in [-0.4, -0.2) is 20.1 Å². The summed E-state index contributed by atoms with van der Waals surface area (Å²) in [6.07, 6.45) is 1.78. The lowest BCUT2D eigenvalue weighted by molar-refractivity contribution is 0.275. The van der Waals surface area contributed by atoms with Crippen LogP contribution in [0.25, 0.3) is 0 Å². The molecule has 0 saturated carbocycles. The zero-order valence-electron chi connectivity index (χ0n) is 12.1. The van der Waals surface area contributed by atoms with Gasteiger partial charge in [0.2, 0.25) is 10.0 Å². The van der Waals surface area contributed by atoms with Gasteiger partial charge in [-0.25, -0.2) is 17.5 Å². The van der Waals surface area contributed by atoms with Gasteiger partial charge in [0.15, 0.2) is 0 Å². The zero-order chi connectivity index (χ0) is 15.3. The van der Waals surface area contributed by atoms with Crippen LogP contribution in [0.3, 0.4) is 0 Å². The van der Waals surface area contributed by atoms with E-state index in [2.05, 4.69) is 4.72 Å². The van der Waals surface area contributed by atoms with E-state index in [-0.39, 0.29) is 21.9 Å². The van der Waals surface area contributed by atoms with Gasteiger partial charge in [-0.3, -0.25) is 0 Å². The van der Waals surface area contributed by atoms with Gasteiger partial charge in [-0.1, -0.05) is 26.7 Å². The minimum Gasteiger partial charge on any atom is -0.392 e. The lowest BCUT2D eigenvalue weighted by Crippen LogP contribution is -2.29. The maximum Gasteiger partial charge on any atom is 0.240 e. The van der Waals surface area contributed by atoms with Gasteiger partial charge in [0, 0.05) is 12.1 Å². The van der Waals surface area contributed by atoms with E-state index in [0.717, 1.165) is 12.8 Å². The molecule has 0 amide bonds. The van der Waals surface area contributed by atoms with E-state index >= 15 is 0 Å². The van der Waals surface area contributed by atoms with Crippen LogP contribution in [0.2, 0.25) is 0 Å². The van der Waals surface area contributed by atoms with Crippen LogP contribution in [0.15, 0.2) is 17.0 Å². The topological polar surface area (TPSA) is 66.4 Å². The van der Waals surface area contributed by atoms with Crippen LogP contribution in [0, 0.1) is 18.7 Å². The third-order valence-corrected chi connectivity index (χ3v) is 4.90. The highest BCUT2D eigenvalue weighted by atomic mass is 32.2. The summed E-state index contributed by atoms with van der Waals surface area (Å²) in [4.78, 5) is -0.00796. The zero-order valence-corrected chi connectivity index (χ0v) is 12.9. The van der Waals surface area contributed by atoms with Gasteiger partial charge in [-0.05, 0) is 30.5 Å². The van der Waals surface area contributed by atoms with Crippen molar-refractivity contribution in [2.75, 3.05) is 6.54 Å². The Hall–Kier alpha value is -0.980. The summed E-state index contributed by atoms with van der Waals surface area (Å²) in [6.45, 7) is 5.33.